The van der Waals surface area contributed by atoms with E-state index in [0.29, 0.717) is 5.69 Å². The number of halogens is 1. The molecule has 5 nitrogen and oxygen atoms in total. The topological polar surface area (TPSA) is 66.5 Å². The van der Waals surface area contributed by atoms with Crippen molar-refractivity contribution < 1.29 is 13.2 Å². The van der Waals surface area contributed by atoms with Crippen molar-refractivity contribution in [2.24, 2.45) is 0 Å². The first-order chi connectivity index (χ1) is 9.65. The molecule has 1 aromatic carbocycles. The summed E-state index contributed by atoms with van der Waals surface area (Å²) in [5, 5.41) is 2.77. The predicted octanol–water partition coefficient (Wildman–Crippen LogP) is 2.44. The Morgan fingerprint density at radius 3 is 2.52 bits per heavy atom. The van der Waals surface area contributed by atoms with Gasteiger partial charge in [-0.25, -0.2) is 8.42 Å². The Hall–Kier alpha value is -1.08. The molecule has 21 heavy (non-hydrogen) atoms. The molecular weight excluding hydrogens is 356 g/mol. The molecule has 118 valence electrons. The molecule has 1 rings (SSSR count). The largest absolute Gasteiger partial charge is 0.352 e. The van der Waals surface area contributed by atoms with E-state index in [9.17, 15) is 13.2 Å². The van der Waals surface area contributed by atoms with Crippen molar-refractivity contribution in [2.45, 2.75) is 33.2 Å². The molecule has 1 amide bonds. The standard InChI is InChI=1S/C14H21BrN2O3S/c1-5-11(3)16-14(18)9-17(21(4,19)20)12-6-7-13(15)10(2)8-12/h6-8,11H,5,9H2,1-4H3,(H,16,18). The van der Waals surface area contributed by atoms with E-state index < -0.39 is 10.0 Å². The lowest BCUT2D eigenvalue weighted by molar-refractivity contribution is -0.120. The number of nitrogens with zero attached hydrogens (tertiary/aromatic N) is 1. The van der Waals surface area contributed by atoms with E-state index in [0.717, 1.165) is 27.0 Å². The lowest BCUT2D eigenvalue weighted by Gasteiger charge is -2.23. The van der Waals surface area contributed by atoms with Gasteiger partial charge < -0.3 is 5.32 Å². The minimum absolute atomic E-state index is 0.0190. The van der Waals surface area contributed by atoms with Crippen LogP contribution < -0.4 is 9.62 Å². The van der Waals surface area contributed by atoms with E-state index in [2.05, 4.69) is 21.2 Å². The van der Waals surface area contributed by atoms with Gasteiger partial charge in [-0.1, -0.05) is 22.9 Å². The van der Waals surface area contributed by atoms with Gasteiger partial charge in [-0.05, 0) is 44.0 Å². The molecule has 0 spiro atoms. The molecule has 0 fully saturated rings. The second-order valence-electron chi connectivity index (χ2n) is 5.08. The highest BCUT2D eigenvalue weighted by atomic mass is 79.9. The van der Waals surface area contributed by atoms with Gasteiger partial charge in [-0.2, -0.15) is 0 Å². The molecule has 0 aromatic heterocycles. The van der Waals surface area contributed by atoms with Gasteiger partial charge in [0.15, 0.2) is 0 Å². The van der Waals surface area contributed by atoms with Crippen molar-refractivity contribution in [2.75, 3.05) is 17.1 Å². The summed E-state index contributed by atoms with van der Waals surface area (Å²) in [7, 11) is -3.53. The summed E-state index contributed by atoms with van der Waals surface area (Å²) in [6, 6.07) is 5.21. The number of hydrogen-bond acceptors (Lipinski definition) is 3. The van der Waals surface area contributed by atoms with Crippen LogP contribution in [0.5, 0.6) is 0 Å². The Morgan fingerprint density at radius 1 is 1.43 bits per heavy atom. The smallest absolute Gasteiger partial charge is 0.240 e. The Balaban J connectivity index is 3.02. The van der Waals surface area contributed by atoms with Gasteiger partial charge in [0.2, 0.25) is 15.9 Å². The number of hydrogen-bond donors (Lipinski definition) is 1. The van der Waals surface area contributed by atoms with Crippen LogP contribution in [0.3, 0.4) is 0 Å². The van der Waals surface area contributed by atoms with Crippen LogP contribution in [0.2, 0.25) is 0 Å². The Kier molecular flexibility index (Phi) is 6.22. The number of benzene rings is 1. The summed E-state index contributed by atoms with van der Waals surface area (Å²) < 4.78 is 25.9. The van der Waals surface area contributed by atoms with Crippen molar-refractivity contribution in [3.63, 3.8) is 0 Å². The molecule has 0 saturated carbocycles. The zero-order valence-electron chi connectivity index (χ0n) is 12.7. The minimum atomic E-state index is -3.53. The van der Waals surface area contributed by atoms with Gasteiger partial charge in [-0.15, -0.1) is 0 Å². The van der Waals surface area contributed by atoms with Crippen molar-refractivity contribution in [3.05, 3.63) is 28.2 Å². The van der Waals surface area contributed by atoms with Crippen LogP contribution in [0.4, 0.5) is 5.69 Å². The number of rotatable bonds is 6. The number of carbonyl (C=O) groups excluding carboxylic acids is 1. The third-order valence-electron chi connectivity index (χ3n) is 3.14. The van der Waals surface area contributed by atoms with E-state index in [-0.39, 0.29) is 18.5 Å². The second kappa shape index (κ2) is 7.26. The van der Waals surface area contributed by atoms with Gasteiger partial charge in [0, 0.05) is 10.5 Å². The normalized spacial score (nSPS) is 12.8. The van der Waals surface area contributed by atoms with Gasteiger partial charge in [-0.3, -0.25) is 9.10 Å². The zero-order chi connectivity index (χ0) is 16.2. The number of carbonyl (C=O) groups is 1. The van der Waals surface area contributed by atoms with Crippen LogP contribution in [-0.4, -0.2) is 33.2 Å². The lowest BCUT2D eigenvalue weighted by Crippen LogP contribution is -2.43. The summed E-state index contributed by atoms with van der Waals surface area (Å²) in [6.45, 7) is 5.49. The van der Waals surface area contributed by atoms with Gasteiger partial charge >= 0.3 is 0 Å². The van der Waals surface area contributed by atoms with Gasteiger partial charge in [0.05, 0.1) is 11.9 Å². The number of amides is 1. The summed E-state index contributed by atoms with van der Waals surface area (Å²) in [5.41, 5.74) is 1.39. The number of nitrogens with one attached hydrogen (secondary N) is 1. The first kappa shape index (κ1) is 18.0. The Labute approximate surface area is 134 Å². The van der Waals surface area contributed by atoms with E-state index in [1.165, 1.54) is 0 Å². The molecular formula is C14H21BrN2O3S. The van der Waals surface area contributed by atoms with Crippen LogP contribution in [0.25, 0.3) is 0 Å². The van der Waals surface area contributed by atoms with Gasteiger partial charge in [0.1, 0.15) is 6.54 Å². The Morgan fingerprint density at radius 2 is 2.05 bits per heavy atom. The third kappa shape index (κ3) is 5.32. The molecule has 0 aliphatic rings. The highest BCUT2D eigenvalue weighted by Crippen LogP contribution is 2.24. The van der Waals surface area contributed by atoms with Crippen LogP contribution in [0.15, 0.2) is 22.7 Å². The zero-order valence-corrected chi connectivity index (χ0v) is 15.1. The summed E-state index contributed by atoms with van der Waals surface area (Å²) in [4.78, 5) is 12.0. The number of aryl methyl sites for hydroxylation is 1. The summed E-state index contributed by atoms with van der Waals surface area (Å²) >= 11 is 3.37. The maximum atomic E-state index is 12.0. The Bertz CT molecular complexity index is 617. The summed E-state index contributed by atoms with van der Waals surface area (Å²) in [5.74, 6) is -0.310. The fourth-order valence-electron chi connectivity index (χ4n) is 1.74. The van der Waals surface area contributed by atoms with E-state index in [1.807, 2.05) is 20.8 Å². The molecule has 1 unspecified atom stereocenters. The fourth-order valence-corrected chi connectivity index (χ4v) is 2.83. The van der Waals surface area contributed by atoms with Crippen molar-refractivity contribution in [3.8, 4) is 0 Å². The molecule has 1 aromatic rings. The van der Waals surface area contributed by atoms with Crippen LogP contribution >= 0.6 is 15.9 Å². The van der Waals surface area contributed by atoms with Crippen LogP contribution in [-0.2, 0) is 14.8 Å². The molecule has 7 heteroatoms. The maximum absolute atomic E-state index is 12.0. The lowest BCUT2D eigenvalue weighted by atomic mass is 10.2. The molecule has 0 aliphatic carbocycles. The first-order valence-electron chi connectivity index (χ1n) is 6.68. The fraction of sp³-hybridized carbons (Fsp3) is 0.500. The van der Waals surface area contributed by atoms with Crippen molar-refractivity contribution in [1.29, 1.82) is 0 Å². The SMILES string of the molecule is CCC(C)NC(=O)CN(c1ccc(Br)c(C)c1)S(C)(=O)=O. The monoisotopic (exact) mass is 376 g/mol. The average Bonchev–Trinajstić information content (AvgIpc) is 2.38. The molecule has 0 aliphatic heterocycles. The van der Waals surface area contributed by atoms with E-state index >= 15 is 0 Å². The maximum Gasteiger partial charge on any atom is 0.240 e. The average molecular weight is 377 g/mol. The highest BCUT2D eigenvalue weighted by Gasteiger charge is 2.21. The second-order valence-corrected chi connectivity index (χ2v) is 7.84. The molecule has 0 heterocycles. The molecule has 1 atom stereocenters. The van der Waals surface area contributed by atoms with Gasteiger partial charge in [0.25, 0.3) is 0 Å². The third-order valence-corrected chi connectivity index (χ3v) is 5.17. The quantitative estimate of drug-likeness (QED) is 0.828. The highest BCUT2D eigenvalue weighted by molar-refractivity contribution is 9.10. The van der Waals surface area contributed by atoms with Crippen molar-refractivity contribution in [1.82, 2.24) is 5.32 Å². The first-order valence-corrected chi connectivity index (χ1v) is 9.32. The predicted molar refractivity (Wildman–Crippen MR) is 89.0 cm³/mol. The molecule has 1 N–H and O–H groups in total. The molecule has 0 saturated heterocycles. The van der Waals surface area contributed by atoms with E-state index in [1.54, 1.807) is 18.2 Å². The van der Waals surface area contributed by atoms with Crippen LogP contribution in [0.1, 0.15) is 25.8 Å². The number of anilines is 1. The van der Waals surface area contributed by atoms with Crippen LogP contribution in [0, 0.1) is 6.92 Å². The molecule has 0 radical (unpaired) electrons. The minimum Gasteiger partial charge on any atom is -0.352 e. The molecule has 0 bridgehead atoms. The van der Waals surface area contributed by atoms with Crippen molar-refractivity contribution >= 4 is 37.5 Å². The summed E-state index contributed by atoms with van der Waals surface area (Å²) in [6.07, 6.45) is 1.89. The number of sulfonamides is 1. The van der Waals surface area contributed by atoms with E-state index in [4.69, 9.17) is 0 Å².